The third-order valence-corrected chi connectivity index (χ3v) is 6.29. The van der Waals surface area contributed by atoms with Gasteiger partial charge in [-0.05, 0) is 31.6 Å². The van der Waals surface area contributed by atoms with Crippen molar-refractivity contribution in [2.75, 3.05) is 26.7 Å². The molecule has 7 heteroatoms. The third-order valence-electron chi connectivity index (χ3n) is 6.29. The molecule has 29 heavy (non-hydrogen) atoms. The van der Waals surface area contributed by atoms with Crippen LogP contribution in [0.4, 0.5) is 0 Å². The smallest absolute Gasteiger partial charge is 0.243 e. The second kappa shape index (κ2) is 11.3. The van der Waals surface area contributed by atoms with E-state index in [0.717, 1.165) is 25.7 Å². The largest absolute Gasteiger partial charge is 0.396 e. The summed E-state index contributed by atoms with van der Waals surface area (Å²) in [7, 11) is 1.60. The molecule has 0 bridgehead atoms. The summed E-state index contributed by atoms with van der Waals surface area (Å²) in [6.45, 7) is 5.20. The molecule has 1 heterocycles. The Balaban J connectivity index is 2.29. The van der Waals surface area contributed by atoms with Gasteiger partial charge in [-0.15, -0.1) is 0 Å². The fourth-order valence-corrected chi connectivity index (χ4v) is 4.74. The third kappa shape index (κ3) is 5.18. The quantitative estimate of drug-likeness (QED) is 0.357. The molecule has 1 aliphatic carbocycles. The van der Waals surface area contributed by atoms with Crippen LogP contribution >= 0.6 is 0 Å². The zero-order chi connectivity index (χ0) is 21.4. The van der Waals surface area contributed by atoms with Gasteiger partial charge in [0, 0.05) is 32.7 Å². The van der Waals surface area contributed by atoms with Gasteiger partial charge in [-0.25, -0.2) is 0 Å². The molecule has 1 aliphatic heterocycles. The molecule has 2 aliphatic rings. The number of allylic oxidation sites excluding steroid dienone is 1. The van der Waals surface area contributed by atoms with E-state index in [1.54, 1.807) is 11.9 Å². The summed E-state index contributed by atoms with van der Waals surface area (Å²) in [5.74, 6) is -1.65. The molecule has 2 rings (SSSR count). The normalized spacial score (nSPS) is 28.3. The molecular formula is C22H37N3O4. The standard InChI is InChI=1S/C22H37N3O4/c1-4-6-7-12-24-21(28)19-16-11-10-15(5-2)17(20(27)23-3)18(16)22(29)25(19)13-8-9-14-26/h10-11,15-19,26H,4-9,12-14H2,1-3H3,(H,23,27)(H,24,28)/t15-,16+,17-,18+,19+/m1/s1. The molecule has 3 amide bonds. The maximum absolute atomic E-state index is 13.4. The summed E-state index contributed by atoms with van der Waals surface area (Å²) >= 11 is 0. The zero-order valence-corrected chi connectivity index (χ0v) is 18.0. The molecule has 0 spiro atoms. The summed E-state index contributed by atoms with van der Waals surface area (Å²) in [6.07, 6.45) is 9.02. The number of fused-ring (bicyclic) bond motifs is 1. The van der Waals surface area contributed by atoms with Crippen molar-refractivity contribution < 1.29 is 19.5 Å². The molecule has 0 aromatic rings. The average molecular weight is 408 g/mol. The number of unbranched alkanes of at least 4 members (excludes halogenated alkanes) is 3. The van der Waals surface area contributed by atoms with E-state index in [0.29, 0.717) is 25.9 Å². The molecule has 0 saturated carbocycles. The molecule has 0 aromatic carbocycles. The minimum Gasteiger partial charge on any atom is -0.396 e. The van der Waals surface area contributed by atoms with Crippen molar-refractivity contribution in [3.63, 3.8) is 0 Å². The number of carbonyl (C=O) groups excluding carboxylic acids is 3. The highest BCUT2D eigenvalue weighted by Crippen LogP contribution is 2.44. The van der Waals surface area contributed by atoms with E-state index in [9.17, 15) is 14.4 Å². The number of aliphatic hydroxyl groups is 1. The van der Waals surface area contributed by atoms with E-state index < -0.39 is 17.9 Å². The summed E-state index contributed by atoms with van der Waals surface area (Å²) in [5.41, 5.74) is 0. The Morgan fingerprint density at radius 3 is 2.48 bits per heavy atom. The van der Waals surface area contributed by atoms with E-state index in [1.165, 1.54) is 0 Å². The van der Waals surface area contributed by atoms with Crippen molar-refractivity contribution in [2.24, 2.45) is 23.7 Å². The fourth-order valence-electron chi connectivity index (χ4n) is 4.74. The molecule has 0 radical (unpaired) electrons. The van der Waals surface area contributed by atoms with Crippen molar-refractivity contribution in [2.45, 2.75) is 58.4 Å². The first-order chi connectivity index (χ1) is 14.0. The number of amides is 3. The molecule has 1 fully saturated rings. The second-order valence-corrected chi connectivity index (χ2v) is 8.11. The molecule has 3 N–H and O–H groups in total. The van der Waals surface area contributed by atoms with E-state index in [1.807, 2.05) is 19.1 Å². The number of hydrogen-bond acceptors (Lipinski definition) is 4. The van der Waals surface area contributed by atoms with Crippen molar-refractivity contribution >= 4 is 17.7 Å². The number of rotatable bonds is 11. The molecular weight excluding hydrogens is 370 g/mol. The van der Waals surface area contributed by atoms with Gasteiger partial charge in [-0.2, -0.15) is 0 Å². The Morgan fingerprint density at radius 2 is 1.86 bits per heavy atom. The Morgan fingerprint density at radius 1 is 1.10 bits per heavy atom. The Kier molecular flexibility index (Phi) is 9.14. The lowest BCUT2D eigenvalue weighted by atomic mass is 9.69. The summed E-state index contributed by atoms with van der Waals surface area (Å²) in [5, 5.41) is 14.8. The summed E-state index contributed by atoms with van der Waals surface area (Å²) in [6, 6.07) is -0.589. The van der Waals surface area contributed by atoms with Crippen LogP contribution in [0.15, 0.2) is 12.2 Å². The van der Waals surface area contributed by atoms with E-state index >= 15 is 0 Å². The van der Waals surface area contributed by atoms with Crippen molar-refractivity contribution in [1.29, 1.82) is 0 Å². The highest BCUT2D eigenvalue weighted by Gasteiger charge is 2.56. The Hall–Kier alpha value is -1.89. The van der Waals surface area contributed by atoms with E-state index in [-0.39, 0.29) is 36.2 Å². The molecule has 7 nitrogen and oxygen atoms in total. The van der Waals surface area contributed by atoms with Gasteiger partial charge in [-0.3, -0.25) is 14.4 Å². The maximum atomic E-state index is 13.4. The molecule has 164 valence electrons. The summed E-state index contributed by atoms with van der Waals surface area (Å²) < 4.78 is 0. The van der Waals surface area contributed by atoms with Crippen molar-refractivity contribution in [3.8, 4) is 0 Å². The van der Waals surface area contributed by atoms with Gasteiger partial charge < -0.3 is 20.6 Å². The lowest BCUT2D eigenvalue weighted by Gasteiger charge is -2.33. The lowest BCUT2D eigenvalue weighted by molar-refractivity contribution is -0.140. The molecule has 5 atom stereocenters. The first kappa shape index (κ1) is 23.4. The van der Waals surface area contributed by atoms with Crippen molar-refractivity contribution in [3.05, 3.63) is 12.2 Å². The monoisotopic (exact) mass is 407 g/mol. The minimum absolute atomic E-state index is 0.00851. The molecule has 1 saturated heterocycles. The van der Waals surface area contributed by atoms with Crippen LogP contribution in [0.5, 0.6) is 0 Å². The number of likely N-dealkylation sites (tertiary alicyclic amines) is 1. The zero-order valence-electron chi connectivity index (χ0n) is 18.0. The number of carbonyl (C=O) groups is 3. The van der Waals surface area contributed by atoms with Crippen LogP contribution in [-0.4, -0.2) is 60.5 Å². The van der Waals surface area contributed by atoms with Gasteiger partial charge in [0.25, 0.3) is 0 Å². The van der Waals surface area contributed by atoms with Crippen LogP contribution in [0.1, 0.15) is 52.4 Å². The van der Waals surface area contributed by atoms with Crippen LogP contribution in [0.25, 0.3) is 0 Å². The Labute approximate surface area is 174 Å². The number of hydrogen-bond donors (Lipinski definition) is 3. The topological polar surface area (TPSA) is 98.7 Å². The first-order valence-electron chi connectivity index (χ1n) is 11.1. The van der Waals surface area contributed by atoms with Gasteiger partial charge in [0.05, 0.1) is 11.8 Å². The number of nitrogens with zero attached hydrogens (tertiary/aromatic N) is 1. The van der Waals surface area contributed by atoms with Crippen LogP contribution in [-0.2, 0) is 14.4 Å². The predicted molar refractivity (Wildman–Crippen MR) is 112 cm³/mol. The SMILES string of the molecule is CCCCCNC(=O)[C@@H]1[C@H]2C=C[C@@H](CC)[C@@H](C(=O)NC)[C@H]2C(=O)N1CCCCO. The van der Waals surface area contributed by atoms with Crippen LogP contribution in [0.2, 0.25) is 0 Å². The minimum atomic E-state index is -0.589. The number of nitrogens with one attached hydrogen (secondary N) is 2. The maximum Gasteiger partial charge on any atom is 0.243 e. The van der Waals surface area contributed by atoms with Crippen LogP contribution in [0.3, 0.4) is 0 Å². The van der Waals surface area contributed by atoms with Gasteiger partial charge in [0.2, 0.25) is 17.7 Å². The van der Waals surface area contributed by atoms with E-state index in [4.69, 9.17) is 5.11 Å². The van der Waals surface area contributed by atoms with Gasteiger partial charge in [0.1, 0.15) is 6.04 Å². The molecule has 0 aromatic heterocycles. The van der Waals surface area contributed by atoms with Crippen LogP contribution < -0.4 is 10.6 Å². The molecule has 0 unspecified atom stereocenters. The van der Waals surface area contributed by atoms with Gasteiger partial charge in [-0.1, -0.05) is 38.8 Å². The first-order valence-corrected chi connectivity index (χ1v) is 11.1. The van der Waals surface area contributed by atoms with Gasteiger partial charge >= 0.3 is 0 Å². The highest BCUT2D eigenvalue weighted by molar-refractivity contribution is 5.96. The van der Waals surface area contributed by atoms with Gasteiger partial charge in [0.15, 0.2) is 0 Å². The second-order valence-electron chi connectivity index (χ2n) is 8.11. The van der Waals surface area contributed by atoms with Crippen molar-refractivity contribution in [1.82, 2.24) is 15.5 Å². The lowest BCUT2D eigenvalue weighted by Crippen LogP contribution is -2.48. The average Bonchev–Trinajstić information content (AvgIpc) is 3.02. The predicted octanol–water partition coefficient (Wildman–Crippen LogP) is 1.47. The van der Waals surface area contributed by atoms with Crippen LogP contribution in [0, 0.1) is 23.7 Å². The fraction of sp³-hybridized carbons (Fsp3) is 0.773. The Bertz CT molecular complexity index is 607. The van der Waals surface area contributed by atoms with E-state index in [2.05, 4.69) is 17.6 Å². The highest BCUT2D eigenvalue weighted by atomic mass is 16.3. The summed E-state index contributed by atoms with van der Waals surface area (Å²) in [4.78, 5) is 40.8. The number of aliphatic hydroxyl groups excluding tert-OH is 1.